The van der Waals surface area contributed by atoms with Crippen LogP contribution in [0.1, 0.15) is 19.6 Å². The number of fused-ring (bicyclic) bond motifs is 1. The van der Waals surface area contributed by atoms with Crippen molar-refractivity contribution < 1.29 is 19.2 Å². The number of hydrogen-bond acceptors (Lipinski definition) is 5. The van der Waals surface area contributed by atoms with Gasteiger partial charge < -0.3 is 14.5 Å². The molecule has 2 aromatic heterocycles. The summed E-state index contributed by atoms with van der Waals surface area (Å²) in [5.41, 5.74) is 2.72. The third kappa shape index (κ3) is 3.11. The number of carbonyl (C=O) groups excluding carboxylic acids is 1. The summed E-state index contributed by atoms with van der Waals surface area (Å²) < 4.78 is 6.81. The van der Waals surface area contributed by atoms with E-state index in [-0.39, 0.29) is 18.5 Å². The van der Waals surface area contributed by atoms with Crippen molar-refractivity contribution in [3.05, 3.63) is 48.6 Å². The highest BCUT2D eigenvalue weighted by Crippen LogP contribution is 2.38. The van der Waals surface area contributed by atoms with Crippen LogP contribution in [0.15, 0.2) is 47.4 Å². The van der Waals surface area contributed by atoms with Gasteiger partial charge in [0.2, 0.25) is 5.91 Å². The zero-order valence-corrected chi connectivity index (χ0v) is 15.4. The summed E-state index contributed by atoms with van der Waals surface area (Å²) in [6.45, 7) is 3.98. The molecule has 9 nitrogen and oxygen atoms in total. The van der Waals surface area contributed by atoms with Gasteiger partial charge in [0.05, 0.1) is 29.8 Å². The van der Waals surface area contributed by atoms with Crippen molar-refractivity contribution in [1.29, 1.82) is 0 Å². The first-order valence-corrected chi connectivity index (χ1v) is 8.80. The van der Waals surface area contributed by atoms with Gasteiger partial charge in [0.15, 0.2) is 5.76 Å². The topological polar surface area (TPSA) is 105 Å². The summed E-state index contributed by atoms with van der Waals surface area (Å²) in [7, 11) is 0. The number of rotatable bonds is 3. The molecular formula is C19H19N5O4. The molecule has 3 heterocycles. The number of hydrogen-bond donors (Lipinski definition) is 1. The summed E-state index contributed by atoms with van der Waals surface area (Å²) in [6, 6.07) is 6.95. The van der Waals surface area contributed by atoms with Gasteiger partial charge in [-0.25, -0.2) is 4.79 Å². The van der Waals surface area contributed by atoms with Gasteiger partial charge in [-0.2, -0.15) is 5.10 Å². The quantitative estimate of drug-likeness (QED) is 0.748. The molecule has 1 aromatic carbocycles. The fraction of sp³-hybridized carbons (Fsp3) is 0.263. The minimum absolute atomic E-state index is 0.119. The molecular weight excluding hydrogens is 362 g/mol. The van der Waals surface area contributed by atoms with Crippen molar-refractivity contribution >= 4 is 23.4 Å². The van der Waals surface area contributed by atoms with E-state index in [0.717, 1.165) is 11.1 Å². The van der Waals surface area contributed by atoms with Crippen LogP contribution in [0.25, 0.3) is 11.1 Å². The molecule has 1 aliphatic rings. The molecule has 0 aliphatic carbocycles. The van der Waals surface area contributed by atoms with Crippen molar-refractivity contribution in [2.75, 3.05) is 16.3 Å². The van der Waals surface area contributed by atoms with Gasteiger partial charge in [-0.1, -0.05) is 11.2 Å². The Labute approximate surface area is 160 Å². The molecule has 0 saturated carbocycles. The van der Waals surface area contributed by atoms with Crippen LogP contribution in [0.4, 0.5) is 16.2 Å². The van der Waals surface area contributed by atoms with Gasteiger partial charge in [0.25, 0.3) is 0 Å². The summed E-state index contributed by atoms with van der Waals surface area (Å²) in [5, 5.41) is 17.6. The second-order valence-corrected chi connectivity index (χ2v) is 6.74. The Hall–Kier alpha value is -3.62. The zero-order valence-electron chi connectivity index (χ0n) is 15.4. The highest BCUT2D eigenvalue weighted by Gasteiger charge is 2.33. The van der Waals surface area contributed by atoms with Gasteiger partial charge in [-0.3, -0.25) is 14.4 Å². The van der Waals surface area contributed by atoms with Crippen molar-refractivity contribution in [3.8, 4) is 11.1 Å². The van der Waals surface area contributed by atoms with Crippen molar-refractivity contribution in [2.24, 2.45) is 0 Å². The SMILES string of the molecule is CC(=O)N1c2ccc(-c3cnn(Cc4ccno4)c3)cc2N(C(=O)O)C[C@@H]1C. The third-order valence-electron chi connectivity index (χ3n) is 4.76. The Balaban J connectivity index is 1.71. The van der Waals surface area contributed by atoms with E-state index in [4.69, 9.17) is 4.52 Å². The van der Waals surface area contributed by atoms with Gasteiger partial charge >= 0.3 is 6.09 Å². The number of nitrogens with zero attached hydrogens (tertiary/aromatic N) is 5. The minimum atomic E-state index is -1.05. The Morgan fingerprint density at radius 2 is 2.07 bits per heavy atom. The number of benzene rings is 1. The number of anilines is 2. The molecule has 144 valence electrons. The zero-order chi connectivity index (χ0) is 19.8. The molecule has 2 amide bonds. The van der Waals surface area contributed by atoms with Crippen molar-refractivity contribution in [1.82, 2.24) is 14.9 Å². The molecule has 3 aromatic rings. The van der Waals surface area contributed by atoms with E-state index in [1.165, 1.54) is 11.8 Å². The van der Waals surface area contributed by atoms with E-state index in [9.17, 15) is 14.7 Å². The van der Waals surface area contributed by atoms with E-state index < -0.39 is 6.09 Å². The van der Waals surface area contributed by atoms with Crippen molar-refractivity contribution in [3.63, 3.8) is 0 Å². The first kappa shape index (κ1) is 17.8. The molecule has 9 heteroatoms. The molecule has 1 aliphatic heterocycles. The van der Waals surface area contributed by atoms with Crippen LogP contribution in [0.2, 0.25) is 0 Å². The van der Waals surface area contributed by atoms with Crippen LogP contribution < -0.4 is 9.80 Å². The van der Waals surface area contributed by atoms with Crippen LogP contribution in [-0.4, -0.2) is 44.6 Å². The average Bonchev–Trinajstić information content (AvgIpc) is 3.32. The molecule has 0 spiro atoms. The first-order valence-electron chi connectivity index (χ1n) is 8.80. The molecule has 0 bridgehead atoms. The molecule has 0 saturated heterocycles. The highest BCUT2D eigenvalue weighted by molar-refractivity contribution is 6.02. The standard InChI is InChI=1S/C19H19N5O4/c1-12-9-23(19(26)27)18-7-14(3-4-17(18)24(12)13(2)25)15-8-20-22(10-15)11-16-5-6-21-28-16/h3-8,10,12H,9,11H2,1-2H3,(H,26,27)/t12-/m0/s1. The predicted octanol–water partition coefficient (Wildman–Crippen LogP) is 2.83. The number of carboxylic acid groups (broad SMARTS) is 1. The summed E-state index contributed by atoms with van der Waals surface area (Å²) in [4.78, 5) is 26.8. The van der Waals surface area contributed by atoms with Gasteiger partial charge in [-0.15, -0.1) is 0 Å². The Morgan fingerprint density at radius 3 is 2.75 bits per heavy atom. The summed E-state index contributed by atoms with van der Waals surface area (Å²) in [6.07, 6.45) is 4.08. The third-order valence-corrected chi connectivity index (χ3v) is 4.76. The fourth-order valence-electron chi connectivity index (χ4n) is 3.55. The average molecular weight is 381 g/mol. The van der Waals surface area contributed by atoms with E-state index in [1.54, 1.807) is 40.2 Å². The predicted molar refractivity (Wildman–Crippen MR) is 101 cm³/mol. The maximum Gasteiger partial charge on any atom is 0.411 e. The lowest BCUT2D eigenvalue weighted by atomic mass is 10.0. The Morgan fingerprint density at radius 1 is 1.25 bits per heavy atom. The molecule has 1 atom stereocenters. The minimum Gasteiger partial charge on any atom is -0.465 e. The van der Waals surface area contributed by atoms with Crippen LogP contribution >= 0.6 is 0 Å². The second-order valence-electron chi connectivity index (χ2n) is 6.74. The van der Waals surface area contributed by atoms with Gasteiger partial charge in [0, 0.05) is 31.3 Å². The van der Waals surface area contributed by atoms with Crippen LogP contribution in [-0.2, 0) is 11.3 Å². The van der Waals surface area contributed by atoms with E-state index in [2.05, 4.69) is 10.3 Å². The smallest absolute Gasteiger partial charge is 0.411 e. The van der Waals surface area contributed by atoms with E-state index >= 15 is 0 Å². The molecule has 1 N–H and O–H groups in total. The molecule has 28 heavy (non-hydrogen) atoms. The second kappa shape index (κ2) is 6.84. The van der Waals surface area contributed by atoms with Crippen molar-refractivity contribution in [2.45, 2.75) is 26.4 Å². The first-order chi connectivity index (χ1) is 13.4. The number of carbonyl (C=O) groups is 2. The highest BCUT2D eigenvalue weighted by atomic mass is 16.5. The maximum atomic E-state index is 12.1. The molecule has 0 radical (unpaired) electrons. The van der Waals surface area contributed by atoms with Gasteiger partial charge in [0.1, 0.15) is 6.54 Å². The Bertz CT molecular complexity index is 1030. The van der Waals surface area contributed by atoms with Gasteiger partial charge in [-0.05, 0) is 24.6 Å². The monoisotopic (exact) mass is 381 g/mol. The van der Waals surface area contributed by atoms with E-state index in [1.807, 2.05) is 19.2 Å². The van der Waals surface area contributed by atoms with Crippen LogP contribution in [0, 0.1) is 0 Å². The summed E-state index contributed by atoms with van der Waals surface area (Å²) >= 11 is 0. The Kier molecular flexibility index (Phi) is 4.34. The molecule has 4 rings (SSSR count). The summed E-state index contributed by atoms with van der Waals surface area (Å²) in [5.74, 6) is 0.564. The number of amides is 2. The molecule has 0 fully saturated rings. The van der Waals surface area contributed by atoms with Crippen LogP contribution in [0.5, 0.6) is 0 Å². The lowest BCUT2D eigenvalue weighted by molar-refractivity contribution is -0.117. The largest absolute Gasteiger partial charge is 0.465 e. The lowest BCUT2D eigenvalue weighted by Crippen LogP contribution is -2.51. The van der Waals surface area contributed by atoms with Crippen LogP contribution in [0.3, 0.4) is 0 Å². The molecule has 0 unspecified atom stereocenters. The number of aromatic nitrogens is 3. The lowest BCUT2D eigenvalue weighted by Gasteiger charge is -2.39. The maximum absolute atomic E-state index is 12.1. The fourth-order valence-corrected chi connectivity index (χ4v) is 3.55. The van der Waals surface area contributed by atoms with E-state index in [0.29, 0.717) is 23.7 Å². The normalized spacial score (nSPS) is 16.1.